The zero-order valence-electron chi connectivity index (χ0n) is 22.2. The first-order valence-corrected chi connectivity index (χ1v) is 14.3. The number of rotatable bonds is 12. The van der Waals surface area contributed by atoms with Crippen LogP contribution in [0.5, 0.6) is 0 Å². The lowest BCUT2D eigenvalue weighted by Crippen LogP contribution is -2.48. The van der Waals surface area contributed by atoms with Crippen molar-refractivity contribution >= 4 is 12.1 Å². The first-order chi connectivity index (χ1) is 17.9. The molecule has 3 aliphatic rings. The lowest BCUT2D eigenvalue weighted by atomic mass is 9.80. The summed E-state index contributed by atoms with van der Waals surface area (Å²) in [7, 11) is 0. The Kier molecular flexibility index (Phi) is 10.2. The normalized spacial score (nSPS) is 23.9. The van der Waals surface area contributed by atoms with Crippen molar-refractivity contribution in [2.24, 2.45) is 11.8 Å². The van der Waals surface area contributed by atoms with Gasteiger partial charge in [-0.05, 0) is 74.5 Å². The highest BCUT2D eigenvalue weighted by molar-refractivity contribution is 5.73. The Morgan fingerprint density at radius 1 is 1.11 bits per heavy atom. The molecule has 2 aliphatic carbocycles. The number of nitrogens with one attached hydrogen (secondary N) is 1. The molecule has 0 spiro atoms. The van der Waals surface area contributed by atoms with Gasteiger partial charge in [0, 0.05) is 38.3 Å². The van der Waals surface area contributed by atoms with Gasteiger partial charge in [0.05, 0.1) is 0 Å². The minimum atomic E-state index is -0.703. The van der Waals surface area contributed by atoms with Crippen LogP contribution in [0.1, 0.15) is 76.7 Å². The second-order valence-electron chi connectivity index (χ2n) is 11.4. The Morgan fingerprint density at radius 2 is 1.84 bits per heavy atom. The van der Waals surface area contributed by atoms with Crippen LogP contribution >= 0.6 is 0 Å². The predicted molar refractivity (Wildman–Crippen MR) is 141 cm³/mol. The highest BCUT2D eigenvalue weighted by atomic mass is 19.1. The maximum absolute atomic E-state index is 13.1. The molecular formula is C29H44FN3O4. The van der Waals surface area contributed by atoms with Gasteiger partial charge in [-0.3, -0.25) is 4.79 Å². The highest BCUT2D eigenvalue weighted by Gasteiger charge is 2.34. The van der Waals surface area contributed by atoms with Crippen molar-refractivity contribution in [3.63, 3.8) is 0 Å². The molecule has 3 fully saturated rings. The van der Waals surface area contributed by atoms with Crippen LogP contribution < -0.4 is 5.32 Å². The number of carboxylic acids is 1. The van der Waals surface area contributed by atoms with E-state index in [1.807, 2.05) is 4.90 Å². The highest BCUT2D eigenvalue weighted by Crippen LogP contribution is 2.32. The van der Waals surface area contributed by atoms with Gasteiger partial charge in [-0.15, -0.1) is 0 Å². The SMILES string of the molecule is CCCN(C(=O)OCc1ccc(F)cc1)C1CCN(CC2CCC(NC(CC3CCC3)C(=O)O)C2)CC1. The molecule has 4 rings (SSSR count). The van der Waals surface area contributed by atoms with Crippen molar-refractivity contribution in [3.8, 4) is 0 Å². The molecule has 3 atom stereocenters. The third-order valence-corrected chi connectivity index (χ3v) is 8.56. The maximum atomic E-state index is 13.1. The third kappa shape index (κ3) is 8.14. The molecule has 1 aromatic rings. The van der Waals surface area contributed by atoms with Gasteiger partial charge in [-0.25, -0.2) is 9.18 Å². The van der Waals surface area contributed by atoms with Gasteiger partial charge in [-0.1, -0.05) is 38.3 Å². The number of likely N-dealkylation sites (tertiary alicyclic amines) is 1. The Balaban J connectivity index is 1.18. The molecule has 0 radical (unpaired) electrons. The van der Waals surface area contributed by atoms with Gasteiger partial charge in [0.15, 0.2) is 0 Å². The van der Waals surface area contributed by atoms with Gasteiger partial charge in [-0.2, -0.15) is 0 Å². The quantitative estimate of drug-likeness (QED) is 0.404. The number of hydrogen-bond acceptors (Lipinski definition) is 5. The maximum Gasteiger partial charge on any atom is 0.410 e. The van der Waals surface area contributed by atoms with Crippen LogP contribution in [0.2, 0.25) is 0 Å². The van der Waals surface area contributed by atoms with Crippen molar-refractivity contribution in [2.75, 3.05) is 26.2 Å². The van der Waals surface area contributed by atoms with E-state index in [0.717, 1.165) is 70.1 Å². The predicted octanol–water partition coefficient (Wildman–Crippen LogP) is 5.04. The fourth-order valence-electron chi connectivity index (χ4n) is 6.23. The van der Waals surface area contributed by atoms with Crippen LogP contribution in [0.4, 0.5) is 9.18 Å². The number of carboxylic acid groups (broad SMARTS) is 1. The molecule has 2 saturated carbocycles. The van der Waals surface area contributed by atoms with E-state index in [1.54, 1.807) is 12.1 Å². The average Bonchev–Trinajstić information content (AvgIpc) is 3.30. The average molecular weight is 518 g/mol. The van der Waals surface area contributed by atoms with E-state index in [2.05, 4.69) is 17.1 Å². The summed E-state index contributed by atoms with van der Waals surface area (Å²) >= 11 is 0. The van der Waals surface area contributed by atoms with Crippen molar-refractivity contribution in [1.82, 2.24) is 15.1 Å². The largest absolute Gasteiger partial charge is 0.480 e. The zero-order valence-corrected chi connectivity index (χ0v) is 22.2. The summed E-state index contributed by atoms with van der Waals surface area (Å²) in [5.41, 5.74) is 0.781. The zero-order chi connectivity index (χ0) is 26.2. The topological polar surface area (TPSA) is 82.1 Å². The molecule has 7 nitrogen and oxygen atoms in total. The van der Waals surface area contributed by atoms with E-state index < -0.39 is 12.0 Å². The van der Waals surface area contributed by atoms with Gasteiger partial charge in [0.2, 0.25) is 0 Å². The summed E-state index contributed by atoms with van der Waals surface area (Å²) in [6.07, 6.45) is 10.1. The molecule has 0 aromatic heterocycles. The Hall–Kier alpha value is -2.19. The molecule has 1 saturated heterocycles. The fraction of sp³-hybridized carbons (Fsp3) is 0.724. The van der Waals surface area contributed by atoms with Crippen LogP contribution in [0, 0.1) is 17.7 Å². The number of carbonyl (C=O) groups is 2. The molecule has 3 unspecified atom stereocenters. The molecule has 0 bridgehead atoms. The van der Waals surface area contributed by atoms with Crippen LogP contribution in [-0.2, 0) is 16.1 Å². The lowest BCUT2D eigenvalue weighted by Gasteiger charge is -2.38. The molecule has 2 N–H and O–H groups in total. The Bertz CT molecular complexity index is 870. The number of benzene rings is 1. The molecule has 8 heteroatoms. The number of ether oxygens (including phenoxy) is 1. The van der Waals surface area contributed by atoms with Crippen molar-refractivity contribution < 1.29 is 23.8 Å². The molecule has 206 valence electrons. The van der Waals surface area contributed by atoms with Crippen molar-refractivity contribution in [3.05, 3.63) is 35.6 Å². The monoisotopic (exact) mass is 517 g/mol. The van der Waals surface area contributed by atoms with Gasteiger partial charge in [0.1, 0.15) is 18.5 Å². The summed E-state index contributed by atoms with van der Waals surface area (Å²) in [6.45, 7) is 5.87. The summed E-state index contributed by atoms with van der Waals surface area (Å²) in [5, 5.41) is 13.1. The van der Waals surface area contributed by atoms with E-state index in [0.29, 0.717) is 24.4 Å². The van der Waals surface area contributed by atoms with Crippen LogP contribution in [-0.4, -0.2) is 71.3 Å². The second kappa shape index (κ2) is 13.6. The smallest absolute Gasteiger partial charge is 0.410 e. The number of nitrogens with zero attached hydrogens (tertiary/aromatic N) is 2. The number of aliphatic carboxylic acids is 1. The number of halogens is 1. The standard InChI is InChI=1S/C29H44FN3O4/c1-2-14-33(29(36)37-20-22-6-9-24(30)10-7-22)26-12-15-32(16-13-26)19-23-8-11-25(17-23)31-27(28(34)35)18-21-4-3-5-21/h6-7,9-10,21,23,25-27,31H,2-5,8,11-20H2,1H3,(H,34,35). The van der Waals surface area contributed by atoms with E-state index in [1.165, 1.54) is 31.4 Å². The van der Waals surface area contributed by atoms with E-state index in [-0.39, 0.29) is 24.6 Å². The minimum Gasteiger partial charge on any atom is -0.480 e. The van der Waals surface area contributed by atoms with E-state index in [4.69, 9.17) is 4.74 Å². The molecule has 1 amide bonds. The van der Waals surface area contributed by atoms with Crippen LogP contribution in [0.3, 0.4) is 0 Å². The summed E-state index contributed by atoms with van der Waals surface area (Å²) in [5.74, 6) is 0.177. The van der Waals surface area contributed by atoms with Crippen molar-refractivity contribution in [2.45, 2.75) is 95.9 Å². The molecule has 37 heavy (non-hydrogen) atoms. The second-order valence-corrected chi connectivity index (χ2v) is 11.4. The minimum absolute atomic E-state index is 0.151. The van der Waals surface area contributed by atoms with Gasteiger partial charge < -0.3 is 25.0 Å². The van der Waals surface area contributed by atoms with Gasteiger partial charge in [0.25, 0.3) is 0 Å². The third-order valence-electron chi connectivity index (χ3n) is 8.56. The van der Waals surface area contributed by atoms with Crippen LogP contribution in [0.15, 0.2) is 24.3 Å². The number of piperidine rings is 1. The molecule has 1 aliphatic heterocycles. The number of hydrogen-bond donors (Lipinski definition) is 2. The first-order valence-electron chi connectivity index (χ1n) is 14.3. The Morgan fingerprint density at radius 3 is 2.46 bits per heavy atom. The molecule has 1 aromatic carbocycles. The number of carbonyl (C=O) groups excluding carboxylic acids is 1. The first kappa shape index (κ1) is 27.8. The van der Waals surface area contributed by atoms with Crippen molar-refractivity contribution in [1.29, 1.82) is 0 Å². The number of amides is 1. The van der Waals surface area contributed by atoms with Crippen LogP contribution in [0.25, 0.3) is 0 Å². The fourth-order valence-corrected chi connectivity index (χ4v) is 6.23. The molecular weight excluding hydrogens is 473 g/mol. The Labute approximate surface area is 220 Å². The molecule has 1 heterocycles. The lowest BCUT2D eigenvalue weighted by molar-refractivity contribution is -0.140. The summed E-state index contributed by atoms with van der Waals surface area (Å²) in [4.78, 5) is 29.0. The van der Waals surface area contributed by atoms with E-state index in [9.17, 15) is 19.1 Å². The van der Waals surface area contributed by atoms with Gasteiger partial charge >= 0.3 is 12.1 Å². The van der Waals surface area contributed by atoms with E-state index >= 15 is 0 Å². The summed E-state index contributed by atoms with van der Waals surface area (Å²) < 4.78 is 18.7. The summed E-state index contributed by atoms with van der Waals surface area (Å²) in [6, 6.07) is 6.13.